The van der Waals surface area contributed by atoms with Crippen LogP contribution in [-0.4, -0.2) is 37.2 Å². The van der Waals surface area contributed by atoms with Crippen molar-refractivity contribution in [1.29, 1.82) is 0 Å². The first-order chi connectivity index (χ1) is 41.0. The van der Waals surface area contributed by atoms with Gasteiger partial charge < -0.3 is 14.2 Å². The molecule has 0 amide bonds. The van der Waals surface area contributed by atoms with Crippen LogP contribution in [0.5, 0.6) is 0 Å². The van der Waals surface area contributed by atoms with Crippen molar-refractivity contribution >= 4 is 17.9 Å². The predicted molar refractivity (Wildman–Crippen MR) is 361 cm³/mol. The summed E-state index contributed by atoms with van der Waals surface area (Å²) in [7, 11) is 0. The van der Waals surface area contributed by atoms with Crippen LogP contribution in [0.3, 0.4) is 0 Å². The van der Waals surface area contributed by atoms with Gasteiger partial charge in [0.2, 0.25) is 0 Å². The quantitative estimate of drug-likeness (QED) is 0.0261. The number of rotatable bonds is 57. The fourth-order valence-electron chi connectivity index (χ4n) is 8.26. The fourth-order valence-corrected chi connectivity index (χ4v) is 8.26. The maximum absolute atomic E-state index is 12.9. The molecule has 0 rings (SSSR count). The number of hydrogen-bond acceptors (Lipinski definition) is 6. The summed E-state index contributed by atoms with van der Waals surface area (Å²) in [6, 6.07) is 0. The molecule has 6 nitrogen and oxygen atoms in total. The van der Waals surface area contributed by atoms with Crippen LogP contribution in [0.2, 0.25) is 0 Å². The summed E-state index contributed by atoms with van der Waals surface area (Å²) in [4.78, 5) is 38.3. The van der Waals surface area contributed by atoms with E-state index in [9.17, 15) is 14.4 Å². The van der Waals surface area contributed by atoms with Gasteiger partial charge in [0.05, 0.1) is 0 Å². The molecule has 1 unspecified atom stereocenters. The van der Waals surface area contributed by atoms with E-state index in [4.69, 9.17) is 14.2 Å². The molecule has 0 saturated carbocycles. The average molecular weight is 1140 g/mol. The Labute approximate surface area is 509 Å². The van der Waals surface area contributed by atoms with Gasteiger partial charge in [-0.15, -0.1) is 0 Å². The van der Waals surface area contributed by atoms with Gasteiger partial charge in [-0.2, -0.15) is 0 Å². The van der Waals surface area contributed by atoms with Crippen molar-refractivity contribution in [1.82, 2.24) is 0 Å². The van der Waals surface area contributed by atoms with Crippen LogP contribution in [0.4, 0.5) is 0 Å². The SMILES string of the molecule is CC/C=C\C/C=C\C/C=C\C/C=C\C/C=C\C/C=C\C/C=C\C/C=C\CCCCC(=O)OCC(COC(=O)CCCCC/C=C\C/C=C\C/C=C\CC)OC(=O)CCCCCCCCCCC/C=C\C/C=C\C/C=C\C/C=C\C/C=C\CC. The summed E-state index contributed by atoms with van der Waals surface area (Å²) < 4.78 is 16.9. The molecule has 0 saturated heterocycles. The minimum absolute atomic E-state index is 0.120. The lowest BCUT2D eigenvalue weighted by Crippen LogP contribution is -2.30. The summed E-state index contributed by atoms with van der Waals surface area (Å²) in [6.45, 7) is 6.22. The summed E-state index contributed by atoms with van der Waals surface area (Å²) in [5.41, 5.74) is 0. The van der Waals surface area contributed by atoms with Crippen molar-refractivity contribution in [2.45, 2.75) is 258 Å². The molecule has 0 aliphatic heterocycles. The van der Waals surface area contributed by atoms with E-state index >= 15 is 0 Å². The number of carbonyl (C=O) groups is 3. The van der Waals surface area contributed by atoms with E-state index in [1.807, 2.05) is 0 Å². The van der Waals surface area contributed by atoms with E-state index in [-0.39, 0.29) is 37.5 Å². The topological polar surface area (TPSA) is 78.9 Å². The van der Waals surface area contributed by atoms with E-state index in [0.29, 0.717) is 19.3 Å². The zero-order chi connectivity index (χ0) is 59.9. The first-order valence-electron chi connectivity index (χ1n) is 32.9. The van der Waals surface area contributed by atoms with Crippen molar-refractivity contribution in [2.75, 3.05) is 13.2 Å². The Balaban J connectivity index is 4.48. The molecule has 0 spiro atoms. The summed E-state index contributed by atoms with van der Waals surface area (Å²) in [6.07, 6.45) is 104. The molecular formula is C77H118O6. The maximum Gasteiger partial charge on any atom is 0.306 e. The highest BCUT2D eigenvalue weighted by Gasteiger charge is 2.19. The molecule has 0 aromatic heterocycles. The number of allylic oxidation sites excluding steroid dienone is 32. The number of carbonyl (C=O) groups excluding carboxylic acids is 3. The van der Waals surface area contributed by atoms with Crippen LogP contribution < -0.4 is 0 Å². The van der Waals surface area contributed by atoms with Crippen molar-refractivity contribution in [3.05, 3.63) is 194 Å². The van der Waals surface area contributed by atoms with E-state index in [0.717, 1.165) is 167 Å². The Hall–Kier alpha value is -5.75. The highest BCUT2D eigenvalue weighted by Crippen LogP contribution is 2.14. The van der Waals surface area contributed by atoms with Gasteiger partial charge in [-0.3, -0.25) is 14.4 Å². The van der Waals surface area contributed by atoms with Crippen molar-refractivity contribution < 1.29 is 28.6 Å². The van der Waals surface area contributed by atoms with Gasteiger partial charge in [0, 0.05) is 19.3 Å². The Kier molecular flexibility index (Phi) is 64.0. The van der Waals surface area contributed by atoms with Crippen LogP contribution in [-0.2, 0) is 28.6 Å². The summed E-state index contributed by atoms with van der Waals surface area (Å²) in [5, 5.41) is 0. The van der Waals surface area contributed by atoms with E-state index < -0.39 is 6.10 Å². The molecule has 0 radical (unpaired) electrons. The summed E-state index contributed by atoms with van der Waals surface area (Å²) in [5.74, 6) is -1.01. The highest BCUT2D eigenvalue weighted by molar-refractivity contribution is 5.71. The molecule has 83 heavy (non-hydrogen) atoms. The van der Waals surface area contributed by atoms with Crippen molar-refractivity contribution in [3.63, 3.8) is 0 Å². The van der Waals surface area contributed by atoms with Crippen LogP contribution in [0.25, 0.3) is 0 Å². The monoisotopic (exact) mass is 1140 g/mol. The van der Waals surface area contributed by atoms with Crippen molar-refractivity contribution in [3.8, 4) is 0 Å². The van der Waals surface area contributed by atoms with Gasteiger partial charge in [0.15, 0.2) is 6.10 Å². The first kappa shape index (κ1) is 77.2. The molecule has 0 aliphatic rings. The number of esters is 3. The third kappa shape index (κ3) is 66.9. The van der Waals surface area contributed by atoms with Gasteiger partial charge in [-0.1, -0.05) is 267 Å². The van der Waals surface area contributed by atoms with Crippen LogP contribution >= 0.6 is 0 Å². The smallest absolute Gasteiger partial charge is 0.306 e. The Morgan fingerprint density at radius 3 is 0.711 bits per heavy atom. The average Bonchev–Trinajstić information content (AvgIpc) is 3.49. The Morgan fingerprint density at radius 1 is 0.241 bits per heavy atom. The number of unbranched alkanes of at least 4 members (excludes halogenated alkanes) is 14. The van der Waals surface area contributed by atoms with E-state index in [1.165, 1.54) is 38.5 Å². The number of hydrogen-bond donors (Lipinski definition) is 0. The highest BCUT2D eigenvalue weighted by atomic mass is 16.6. The predicted octanol–water partition coefficient (Wildman–Crippen LogP) is 23.0. The van der Waals surface area contributed by atoms with Gasteiger partial charge in [0.1, 0.15) is 13.2 Å². The van der Waals surface area contributed by atoms with Gasteiger partial charge in [-0.25, -0.2) is 0 Å². The molecule has 0 aromatic carbocycles. The third-order valence-corrected chi connectivity index (χ3v) is 13.1. The number of ether oxygens (including phenoxy) is 3. The Bertz CT molecular complexity index is 1990. The van der Waals surface area contributed by atoms with Gasteiger partial charge >= 0.3 is 17.9 Å². The van der Waals surface area contributed by atoms with E-state index in [1.54, 1.807) is 0 Å². The molecule has 0 fully saturated rings. The molecule has 0 N–H and O–H groups in total. The normalized spacial score (nSPS) is 13.4. The van der Waals surface area contributed by atoms with Gasteiger partial charge in [-0.05, 0) is 161 Å². The lowest BCUT2D eigenvalue weighted by atomic mass is 10.1. The molecule has 0 heterocycles. The molecular weight excluding hydrogens is 1020 g/mol. The second kappa shape index (κ2) is 68.7. The first-order valence-corrected chi connectivity index (χ1v) is 32.9. The second-order valence-corrected chi connectivity index (χ2v) is 20.9. The van der Waals surface area contributed by atoms with Crippen molar-refractivity contribution in [2.24, 2.45) is 0 Å². The third-order valence-electron chi connectivity index (χ3n) is 13.1. The largest absolute Gasteiger partial charge is 0.462 e. The molecule has 0 bridgehead atoms. The molecule has 0 aromatic rings. The Morgan fingerprint density at radius 2 is 0.434 bits per heavy atom. The molecule has 0 aliphatic carbocycles. The maximum atomic E-state index is 12.9. The second-order valence-electron chi connectivity index (χ2n) is 20.9. The lowest BCUT2D eigenvalue weighted by molar-refractivity contribution is -0.167. The minimum atomic E-state index is -0.825. The fraction of sp³-hybridized carbons (Fsp3) is 0.545. The summed E-state index contributed by atoms with van der Waals surface area (Å²) >= 11 is 0. The zero-order valence-electron chi connectivity index (χ0n) is 52.9. The van der Waals surface area contributed by atoms with Crippen LogP contribution in [0, 0.1) is 0 Å². The standard InChI is InChI=1S/C77H118O6/c1-4-7-10-13-16-19-22-25-27-29-31-33-35-37-38-40-41-43-45-47-49-52-55-58-61-64-67-70-76(79)82-73-74(72-81-75(78)69-66-63-60-57-54-51-24-21-18-15-12-9-6-3)83-77(80)71-68-65-62-59-56-53-50-48-46-44-42-39-36-34-32-30-28-26-23-20-17-14-11-8-5-2/h7-12,16-21,25-28,31-34,37-39,41-43,47,49,51,54-55,58,74H,4-6,13-15,22-24,29-30,35-36,40,44-46,48,50,52-53,56-57,59-73H2,1-3H3/b10-7-,11-8-,12-9-,19-16-,20-17-,21-18-,27-25-,28-26-,33-31-,34-32-,38-37-,42-39-,43-41-,49-47-,54-51-,58-55-. The zero-order valence-corrected chi connectivity index (χ0v) is 52.9. The lowest BCUT2D eigenvalue weighted by Gasteiger charge is -2.18. The van der Waals surface area contributed by atoms with E-state index in [2.05, 4.69) is 215 Å². The molecule has 462 valence electrons. The van der Waals surface area contributed by atoms with Crippen LogP contribution in [0.1, 0.15) is 252 Å². The molecule has 1 atom stereocenters. The van der Waals surface area contributed by atoms with Crippen LogP contribution in [0.15, 0.2) is 194 Å². The minimum Gasteiger partial charge on any atom is -0.462 e. The molecule has 6 heteroatoms. The van der Waals surface area contributed by atoms with Gasteiger partial charge in [0.25, 0.3) is 0 Å².